The van der Waals surface area contributed by atoms with Crippen LogP contribution in [0.2, 0.25) is 0 Å². The van der Waals surface area contributed by atoms with Crippen LogP contribution in [-0.2, 0) is 9.59 Å². The fraction of sp³-hybridized carbons (Fsp3) is 0.350. The van der Waals surface area contributed by atoms with Crippen LogP contribution in [0.15, 0.2) is 30.4 Å². The van der Waals surface area contributed by atoms with Crippen molar-refractivity contribution in [1.82, 2.24) is 10.2 Å². The lowest BCUT2D eigenvalue weighted by Gasteiger charge is -2.28. The third kappa shape index (κ3) is 4.69. The summed E-state index contributed by atoms with van der Waals surface area (Å²) in [6, 6.07) is 3.39. The average molecular weight is 404 g/mol. The summed E-state index contributed by atoms with van der Waals surface area (Å²) in [4.78, 5) is 26.4. The van der Waals surface area contributed by atoms with Crippen molar-refractivity contribution < 1.29 is 23.8 Å². The molecule has 1 N–H and O–H groups in total. The van der Waals surface area contributed by atoms with Crippen molar-refractivity contribution >= 4 is 35.2 Å². The fourth-order valence-electron chi connectivity index (χ4n) is 2.63. The summed E-state index contributed by atoms with van der Waals surface area (Å²) in [7, 11) is 0. The summed E-state index contributed by atoms with van der Waals surface area (Å²) >= 11 is 5.07. The van der Waals surface area contributed by atoms with E-state index in [1.807, 2.05) is 20.8 Å². The van der Waals surface area contributed by atoms with Gasteiger partial charge in [0.2, 0.25) is 0 Å². The predicted octanol–water partition coefficient (Wildman–Crippen LogP) is 2.70. The van der Waals surface area contributed by atoms with Gasteiger partial charge in [-0.05, 0) is 45.1 Å². The summed E-state index contributed by atoms with van der Waals surface area (Å²) in [5.41, 5.74) is 0.474. The predicted molar refractivity (Wildman–Crippen MR) is 111 cm³/mol. The van der Waals surface area contributed by atoms with Gasteiger partial charge in [-0.2, -0.15) is 0 Å². The van der Waals surface area contributed by atoms with Crippen LogP contribution in [0.4, 0.5) is 0 Å². The zero-order valence-corrected chi connectivity index (χ0v) is 17.1. The van der Waals surface area contributed by atoms with Gasteiger partial charge in [0.15, 0.2) is 16.6 Å². The molecule has 1 aliphatic heterocycles. The van der Waals surface area contributed by atoms with Crippen LogP contribution in [0.5, 0.6) is 17.2 Å². The molecule has 150 valence electrons. The Morgan fingerprint density at radius 1 is 1.04 bits per heavy atom. The summed E-state index contributed by atoms with van der Waals surface area (Å²) < 4.78 is 16.9. The summed E-state index contributed by atoms with van der Waals surface area (Å²) in [6.07, 6.45) is 3.01. The Bertz CT molecular complexity index is 819. The molecule has 1 heterocycles. The van der Waals surface area contributed by atoms with Gasteiger partial charge in [-0.1, -0.05) is 6.08 Å². The Labute approximate surface area is 169 Å². The van der Waals surface area contributed by atoms with E-state index >= 15 is 0 Å². The number of amides is 2. The highest BCUT2D eigenvalue weighted by atomic mass is 32.1. The molecule has 0 unspecified atom stereocenters. The van der Waals surface area contributed by atoms with E-state index < -0.39 is 11.8 Å². The number of nitrogens with zero attached hydrogens (tertiary/aromatic N) is 1. The van der Waals surface area contributed by atoms with Crippen LogP contribution in [0.3, 0.4) is 0 Å². The van der Waals surface area contributed by atoms with Crippen LogP contribution in [-0.4, -0.2) is 48.2 Å². The maximum Gasteiger partial charge on any atom is 0.265 e. The molecular formula is C20H24N2O5S. The number of rotatable bonds is 9. The van der Waals surface area contributed by atoms with E-state index in [0.29, 0.717) is 42.6 Å². The Kier molecular flexibility index (Phi) is 7.57. The van der Waals surface area contributed by atoms with E-state index in [1.54, 1.807) is 12.1 Å². The molecule has 8 heteroatoms. The van der Waals surface area contributed by atoms with E-state index in [2.05, 4.69) is 11.9 Å². The maximum atomic E-state index is 12.8. The van der Waals surface area contributed by atoms with E-state index in [1.165, 1.54) is 17.1 Å². The second-order valence-corrected chi connectivity index (χ2v) is 6.04. The maximum absolute atomic E-state index is 12.8. The number of carbonyl (C=O) groups excluding carboxylic acids is 2. The molecule has 1 fully saturated rings. The van der Waals surface area contributed by atoms with Crippen molar-refractivity contribution in [3.8, 4) is 17.2 Å². The fourth-order valence-corrected chi connectivity index (χ4v) is 2.88. The number of carbonyl (C=O) groups is 2. The molecule has 2 rings (SSSR count). The van der Waals surface area contributed by atoms with Gasteiger partial charge in [0, 0.05) is 18.2 Å². The van der Waals surface area contributed by atoms with Crippen molar-refractivity contribution in [2.75, 3.05) is 26.4 Å². The highest BCUT2D eigenvalue weighted by Gasteiger charge is 2.33. The number of thiocarbonyl (C=S) groups is 1. The van der Waals surface area contributed by atoms with Gasteiger partial charge in [-0.15, -0.1) is 6.58 Å². The lowest BCUT2D eigenvalue weighted by molar-refractivity contribution is -0.128. The number of benzene rings is 1. The van der Waals surface area contributed by atoms with E-state index in [9.17, 15) is 9.59 Å². The highest BCUT2D eigenvalue weighted by molar-refractivity contribution is 7.80. The minimum atomic E-state index is -0.565. The molecule has 1 aromatic rings. The zero-order chi connectivity index (χ0) is 20.7. The number of hydrogen-bond donors (Lipinski definition) is 1. The zero-order valence-electron chi connectivity index (χ0n) is 16.2. The van der Waals surface area contributed by atoms with Crippen molar-refractivity contribution in [3.05, 3.63) is 35.9 Å². The van der Waals surface area contributed by atoms with Crippen LogP contribution < -0.4 is 19.5 Å². The Balaban J connectivity index is 2.55. The first-order valence-electron chi connectivity index (χ1n) is 9.02. The number of nitrogens with one attached hydrogen (secondary N) is 1. The molecule has 1 aromatic carbocycles. The van der Waals surface area contributed by atoms with Crippen molar-refractivity contribution in [1.29, 1.82) is 0 Å². The largest absolute Gasteiger partial charge is 0.493 e. The van der Waals surface area contributed by atoms with Crippen molar-refractivity contribution in [2.24, 2.45) is 0 Å². The van der Waals surface area contributed by atoms with Crippen LogP contribution >= 0.6 is 12.2 Å². The molecule has 7 nitrogen and oxygen atoms in total. The van der Waals surface area contributed by atoms with Crippen LogP contribution in [0, 0.1) is 0 Å². The average Bonchev–Trinajstić information content (AvgIpc) is 2.65. The Morgan fingerprint density at radius 2 is 1.61 bits per heavy atom. The molecule has 28 heavy (non-hydrogen) atoms. The molecule has 0 radical (unpaired) electrons. The lowest BCUT2D eigenvalue weighted by Crippen LogP contribution is -2.53. The third-order valence-corrected chi connectivity index (χ3v) is 4.10. The lowest BCUT2D eigenvalue weighted by atomic mass is 10.1. The summed E-state index contributed by atoms with van der Waals surface area (Å²) in [5.74, 6) is 0.448. The first-order valence-corrected chi connectivity index (χ1v) is 9.43. The highest BCUT2D eigenvalue weighted by Crippen LogP contribution is 2.36. The molecule has 2 amide bonds. The molecule has 0 bridgehead atoms. The first kappa shape index (κ1) is 21.4. The normalized spacial score (nSPS) is 15.5. The van der Waals surface area contributed by atoms with Gasteiger partial charge < -0.3 is 14.2 Å². The quantitative estimate of drug-likeness (QED) is 0.295. The number of hydrogen-bond acceptors (Lipinski definition) is 6. The van der Waals surface area contributed by atoms with Crippen molar-refractivity contribution in [2.45, 2.75) is 20.8 Å². The monoisotopic (exact) mass is 404 g/mol. The van der Waals surface area contributed by atoms with Crippen LogP contribution in [0.1, 0.15) is 26.3 Å². The van der Waals surface area contributed by atoms with Gasteiger partial charge >= 0.3 is 0 Å². The summed E-state index contributed by atoms with van der Waals surface area (Å²) in [5, 5.41) is 2.58. The molecule has 1 saturated heterocycles. The molecule has 0 atom stereocenters. The van der Waals surface area contributed by atoms with Gasteiger partial charge in [0.1, 0.15) is 11.3 Å². The smallest absolute Gasteiger partial charge is 0.265 e. The molecule has 0 aromatic heterocycles. The second kappa shape index (κ2) is 9.89. The minimum Gasteiger partial charge on any atom is -0.493 e. The molecule has 0 aliphatic carbocycles. The van der Waals surface area contributed by atoms with Gasteiger partial charge in [-0.3, -0.25) is 19.8 Å². The Morgan fingerprint density at radius 3 is 2.18 bits per heavy atom. The molecule has 1 aliphatic rings. The van der Waals surface area contributed by atoms with E-state index in [-0.39, 0.29) is 17.2 Å². The molecule has 0 saturated carbocycles. The molecular weight excluding hydrogens is 380 g/mol. The van der Waals surface area contributed by atoms with Gasteiger partial charge in [0.05, 0.1) is 19.8 Å². The summed E-state index contributed by atoms with van der Waals surface area (Å²) in [6.45, 7) is 10.7. The van der Waals surface area contributed by atoms with Crippen molar-refractivity contribution in [3.63, 3.8) is 0 Å². The van der Waals surface area contributed by atoms with Gasteiger partial charge in [0.25, 0.3) is 11.8 Å². The topological polar surface area (TPSA) is 77.1 Å². The molecule has 0 spiro atoms. The van der Waals surface area contributed by atoms with Crippen LogP contribution in [0.25, 0.3) is 6.08 Å². The minimum absolute atomic E-state index is 0.0528. The van der Waals surface area contributed by atoms with E-state index in [4.69, 9.17) is 26.4 Å². The van der Waals surface area contributed by atoms with E-state index in [0.717, 1.165) is 0 Å². The second-order valence-electron chi connectivity index (χ2n) is 5.66. The number of ether oxygens (including phenoxy) is 3. The Hall–Kier alpha value is -2.87. The van der Waals surface area contributed by atoms with Gasteiger partial charge in [-0.25, -0.2) is 0 Å². The standard InChI is InChI=1S/C20H24N2O5S/c1-5-9-22-19(24)14(18(23)21-20(22)28)10-13-11-16(26-7-3)17(27-8-4)12-15(13)25-6-2/h5,10-12H,1,6-9H2,2-4H3,(H,21,23,28). The SMILES string of the molecule is C=CCN1C(=O)C(=Cc2cc(OCC)c(OCC)cc2OCC)C(=O)NC1=S. The first-order chi connectivity index (χ1) is 13.5. The third-order valence-electron chi connectivity index (χ3n) is 3.77.